The van der Waals surface area contributed by atoms with E-state index in [4.69, 9.17) is 4.74 Å². The first-order chi connectivity index (χ1) is 9.58. The Balaban J connectivity index is 2.29. The molecule has 1 aromatic rings. The van der Waals surface area contributed by atoms with Gasteiger partial charge >= 0.3 is 5.97 Å². The van der Waals surface area contributed by atoms with E-state index in [2.05, 4.69) is 10.6 Å². The quantitative estimate of drug-likeness (QED) is 0.815. The Morgan fingerprint density at radius 1 is 1.40 bits per heavy atom. The number of ether oxygens (including phenoxy) is 1. The van der Waals surface area contributed by atoms with Crippen LogP contribution in [0.25, 0.3) is 0 Å². The molecule has 1 unspecified atom stereocenters. The lowest BCUT2D eigenvalue weighted by atomic mass is 10.1. The van der Waals surface area contributed by atoms with Crippen molar-refractivity contribution in [1.82, 2.24) is 5.32 Å². The smallest absolute Gasteiger partial charge is 0.341 e. The van der Waals surface area contributed by atoms with Crippen LogP contribution in [-0.4, -0.2) is 31.6 Å². The minimum atomic E-state index is -0.334. The van der Waals surface area contributed by atoms with E-state index in [0.29, 0.717) is 17.2 Å². The summed E-state index contributed by atoms with van der Waals surface area (Å²) in [4.78, 5) is 25.3. The average molecular weight is 296 g/mol. The predicted molar refractivity (Wildman–Crippen MR) is 79.5 cm³/mol. The fourth-order valence-electron chi connectivity index (χ4n) is 2.26. The zero-order chi connectivity index (χ0) is 14.7. The standard InChI is InChI=1S/C14H20N2O3S/c1-4-19-14(18)11-9-6-5-7-10(9)20-13(11)16-12(17)8(2)15-3/h8,15H,4-7H2,1-3H3,(H,16,17). The first-order valence-electron chi connectivity index (χ1n) is 6.88. The fourth-order valence-corrected chi connectivity index (χ4v) is 3.54. The molecule has 0 radical (unpaired) electrons. The highest BCUT2D eigenvalue weighted by Gasteiger charge is 2.28. The Morgan fingerprint density at radius 3 is 2.80 bits per heavy atom. The zero-order valence-electron chi connectivity index (χ0n) is 12.0. The van der Waals surface area contributed by atoms with Crippen molar-refractivity contribution in [1.29, 1.82) is 0 Å². The average Bonchev–Trinajstić information content (AvgIpc) is 2.97. The highest BCUT2D eigenvalue weighted by atomic mass is 32.1. The van der Waals surface area contributed by atoms with Crippen molar-refractivity contribution in [3.63, 3.8) is 0 Å². The summed E-state index contributed by atoms with van der Waals surface area (Å²) in [5, 5.41) is 6.36. The third-order valence-electron chi connectivity index (χ3n) is 3.46. The minimum absolute atomic E-state index is 0.141. The van der Waals surface area contributed by atoms with Gasteiger partial charge in [0, 0.05) is 4.88 Å². The number of likely N-dealkylation sites (N-methyl/N-ethyl adjacent to an activating group) is 1. The number of carbonyl (C=O) groups is 2. The number of esters is 1. The normalized spacial score (nSPS) is 14.8. The maximum Gasteiger partial charge on any atom is 0.341 e. The molecule has 0 saturated heterocycles. The largest absolute Gasteiger partial charge is 0.462 e. The van der Waals surface area contributed by atoms with E-state index in [9.17, 15) is 9.59 Å². The molecule has 1 aromatic heterocycles. The number of nitrogens with one attached hydrogen (secondary N) is 2. The van der Waals surface area contributed by atoms with Crippen molar-refractivity contribution in [2.24, 2.45) is 0 Å². The lowest BCUT2D eigenvalue weighted by molar-refractivity contribution is -0.117. The molecule has 2 N–H and O–H groups in total. The van der Waals surface area contributed by atoms with Crippen LogP contribution in [0.1, 0.15) is 41.1 Å². The van der Waals surface area contributed by atoms with E-state index < -0.39 is 0 Å². The van der Waals surface area contributed by atoms with Gasteiger partial charge in [-0.2, -0.15) is 0 Å². The lowest BCUT2D eigenvalue weighted by Crippen LogP contribution is -2.35. The van der Waals surface area contributed by atoms with Crippen LogP contribution in [0.4, 0.5) is 5.00 Å². The number of anilines is 1. The lowest BCUT2D eigenvalue weighted by Gasteiger charge is -2.11. The van der Waals surface area contributed by atoms with Gasteiger partial charge in [-0.15, -0.1) is 11.3 Å². The molecule has 0 spiro atoms. The Bertz CT molecular complexity index is 525. The van der Waals surface area contributed by atoms with Crippen molar-refractivity contribution in [2.75, 3.05) is 19.0 Å². The molecule has 110 valence electrons. The summed E-state index contributed by atoms with van der Waals surface area (Å²) in [6.45, 7) is 3.90. The summed E-state index contributed by atoms with van der Waals surface area (Å²) in [5.74, 6) is -0.475. The molecule has 6 heteroatoms. The first-order valence-corrected chi connectivity index (χ1v) is 7.69. The maximum atomic E-state index is 12.1. The van der Waals surface area contributed by atoms with Crippen LogP contribution >= 0.6 is 11.3 Å². The van der Waals surface area contributed by atoms with Gasteiger partial charge in [-0.3, -0.25) is 4.79 Å². The van der Waals surface area contributed by atoms with Gasteiger partial charge in [0.25, 0.3) is 0 Å². The first kappa shape index (κ1) is 15.0. The fraction of sp³-hybridized carbons (Fsp3) is 0.571. The molecule has 1 amide bonds. The van der Waals surface area contributed by atoms with Gasteiger partial charge in [-0.05, 0) is 45.7 Å². The topological polar surface area (TPSA) is 67.4 Å². The molecule has 0 aromatic carbocycles. The summed E-state index contributed by atoms with van der Waals surface area (Å²) in [6.07, 6.45) is 2.93. The monoisotopic (exact) mass is 296 g/mol. The van der Waals surface area contributed by atoms with Crippen LogP contribution in [0.15, 0.2) is 0 Å². The summed E-state index contributed by atoms with van der Waals surface area (Å²) >= 11 is 1.50. The van der Waals surface area contributed by atoms with Crippen molar-refractivity contribution >= 4 is 28.2 Å². The molecular formula is C14H20N2O3S. The second-order valence-corrected chi connectivity index (χ2v) is 5.89. The molecule has 1 aliphatic carbocycles. The SMILES string of the molecule is CCOC(=O)c1c(NC(=O)C(C)NC)sc2c1CCC2. The molecule has 20 heavy (non-hydrogen) atoms. The Labute approximate surface area is 122 Å². The van der Waals surface area contributed by atoms with Crippen molar-refractivity contribution < 1.29 is 14.3 Å². The molecule has 0 saturated carbocycles. The highest BCUT2D eigenvalue weighted by molar-refractivity contribution is 7.17. The van der Waals surface area contributed by atoms with Crippen LogP contribution in [0, 0.1) is 0 Å². The molecule has 1 atom stereocenters. The number of fused-ring (bicyclic) bond motifs is 1. The molecular weight excluding hydrogens is 276 g/mol. The number of hydrogen-bond donors (Lipinski definition) is 2. The Hall–Kier alpha value is -1.40. The number of rotatable bonds is 5. The molecule has 5 nitrogen and oxygen atoms in total. The summed E-state index contributed by atoms with van der Waals surface area (Å²) < 4.78 is 5.12. The van der Waals surface area contributed by atoms with Gasteiger partial charge in [-0.1, -0.05) is 0 Å². The van der Waals surface area contributed by atoms with E-state index in [1.807, 2.05) is 0 Å². The van der Waals surface area contributed by atoms with Crippen LogP contribution in [0.3, 0.4) is 0 Å². The summed E-state index contributed by atoms with van der Waals surface area (Å²) in [7, 11) is 1.73. The summed E-state index contributed by atoms with van der Waals surface area (Å²) in [5.41, 5.74) is 1.61. The highest BCUT2D eigenvalue weighted by Crippen LogP contribution is 2.39. The molecule has 1 heterocycles. The van der Waals surface area contributed by atoms with Gasteiger partial charge in [0.15, 0.2) is 0 Å². The third-order valence-corrected chi connectivity index (χ3v) is 4.67. The van der Waals surface area contributed by atoms with E-state index in [1.54, 1.807) is 20.9 Å². The second kappa shape index (κ2) is 6.37. The van der Waals surface area contributed by atoms with E-state index >= 15 is 0 Å². The van der Waals surface area contributed by atoms with E-state index in [0.717, 1.165) is 24.8 Å². The minimum Gasteiger partial charge on any atom is -0.462 e. The maximum absolute atomic E-state index is 12.1. The van der Waals surface area contributed by atoms with Gasteiger partial charge in [0.2, 0.25) is 5.91 Å². The van der Waals surface area contributed by atoms with Crippen molar-refractivity contribution in [3.8, 4) is 0 Å². The predicted octanol–water partition coefficient (Wildman–Crippen LogP) is 1.96. The van der Waals surface area contributed by atoms with Crippen molar-refractivity contribution in [2.45, 2.75) is 39.2 Å². The van der Waals surface area contributed by atoms with Crippen LogP contribution in [0.5, 0.6) is 0 Å². The van der Waals surface area contributed by atoms with Gasteiger partial charge < -0.3 is 15.4 Å². The number of hydrogen-bond acceptors (Lipinski definition) is 5. The Morgan fingerprint density at radius 2 is 2.15 bits per heavy atom. The molecule has 0 aliphatic heterocycles. The molecule has 0 bridgehead atoms. The number of amides is 1. The summed E-state index contributed by atoms with van der Waals surface area (Å²) in [6, 6.07) is -0.304. The van der Waals surface area contributed by atoms with Crippen LogP contribution in [0.2, 0.25) is 0 Å². The molecule has 0 fully saturated rings. The third kappa shape index (κ3) is 2.86. The second-order valence-electron chi connectivity index (χ2n) is 4.78. The molecule has 2 rings (SSSR count). The zero-order valence-corrected chi connectivity index (χ0v) is 12.9. The van der Waals surface area contributed by atoms with Gasteiger partial charge in [-0.25, -0.2) is 4.79 Å². The number of thiophene rings is 1. The molecule has 1 aliphatic rings. The number of carbonyl (C=O) groups excluding carboxylic acids is 2. The van der Waals surface area contributed by atoms with Gasteiger partial charge in [0.05, 0.1) is 18.2 Å². The van der Waals surface area contributed by atoms with Gasteiger partial charge in [0.1, 0.15) is 5.00 Å². The van der Waals surface area contributed by atoms with E-state index in [1.165, 1.54) is 16.2 Å². The number of aryl methyl sites for hydroxylation is 1. The van der Waals surface area contributed by atoms with Crippen molar-refractivity contribution in [3.05, 3.63) is 16.0 Å². The van der Waals surface area contributed by atoms with E-state index in [-0.39, 0.29) is 17.9 Å². The Kier molecular flexibility index (Phi) is 4.77. The van der Waals surface area contributed by atoms with Crippen LogP contribution in [-0.2, 0) is 22.4 Å². The van der Waals surface area contributed by atoms with Crippen LogP contribution < -0.4 is 10.6 Å².